The lowest BCUT2D eigenvalue weighted by Gasteiger charge is -2.11. The van der Waals surface area contributed by atoms with Crippen molar-refractivity contribution in [2.45, 2.75) is 6.54 Å². The molecule has 0 unspecified atom stereocenters. The second-order valence-corrected chi connectivity index (χ2v) is 8.53. The first-order valence-corrected chi connectivity index (χ1v) is 10.8. The van der Waals surface area contributed by atoms with Gasteiger partial charge in [-0.1, -0.05) is 47.5 Å². The number of rotatable bonds is 4. The molecule has 164 valence electrons. The minimum atomic E-state index is -0.574. The molecule has 5 aromatic rings. The SMILES string of the molecule is NC(=O)c1cccc2c1c1ccc(-c3c(Cl)cccc3Cl)cc1n2Cc1cc(F)ccc1F. The van der Waals surface area contributed by atoms with E-state index < -0.39 is 17.5 Å². The fourth-order valence-corrected chi connectivity index (χ4v) is 4.90. The molecule has 1 aromatic heterocycles. The van der Waals surface area contributed by atoms with Gasteiger partial charge in [-0.05, 0) is 54.1 Å². The molecule has 0 aliphatic rings. The first-order valence-electron chi connectivity index (χ1n) is 10.1. The highest BCUT2D eigenvalue weighted by Crippen LogP contribution is 2.39. The van der Waals surface area contributed by atoms with Crippen LogP contribution in [-0.4, -0.2) is 10.5 Å². The van der Waals surface area contributed by atoms with Crippen molar-refractivity contribution in [2.75, 3.05) is 0 Å². The van der Waals surface area contributed by atoms with E-state index in [-0.39, 0.29) is 12.1 Å². The lowest BCUT2D eigenvalue weighted by molar-refractivity contribution is 0.100. The number of primary amides is 1. The highest BCUT2D eigenvalue weighted by molar-refractivity contribution is 6.39. The second-order valence-electron chi connectivity index (χ2n) is 7.71. The van der Waals surface area contributed by atoms with Crippen LogP contribution in [0.15, 0.2) is 72.8 Å². The van der Waals surface area contributed by atoms with Gasteiger partial charge in [0.2, 0.25) is 5.91 Å². The molecule has 33 heavy (non-hydrogen) atoms. The van der Waals surface area contributed by atoms with Gasteiger partial charge in [-0.25, -0.2) is 8.78 Å². The zero-order valence-corrected chi connectivity index (χ0v) is 18.6. The van der Waals surface area contributed by atoms with Gasteiger partial charge in [-0.15, -0.1) is 0 Å². The minimum absolute atomic E-state index is 0.0471. The third kappa shape index (κ3) is 3.63. The van der Waals surface area contributed by atoms with Gasteiger partial charge in [0.1, 0.15) is 11.6 Å². The molecule has 0 radical (unpaired) electrons. The fraction of sp³-hybridized carbons (Fsp3) is 0.0385. The number of halogens is 4. The smallest absolute Gasteiger partial charge is 0.249 e. The Morgan fingerprint density at radius 2 is 1.61 bits per heavy atom. The quantitative estimate of drug-likeness (QED) is 0.290. The van der Waals surface area contributed by atoms with Crippen LogP contribution in [0.1, 0.15) is 15.9 Å². The van der Waals surface area contributed by atoms with Crippen molar-refractivity contribution < 1.29 is 13.6 Å². The molecule has 7 heteroatoms. The Morgan fingerprint density at radius 1 is 0.879 bits per heavy atom. The molecule has 4 aromatic carbocycles. The summed E-state index contributed by atoms with van der Waals surface area (Å²) in [5.41, 5.74) is 8.96. The molecule has 1 heterocycles. The summed E-state index contributed by atoms with van der Waals surface area (Å²) in [4.78, 5) is 12.2. The first kappa shape index (κ1) is 21.4. The molecular weight excluding hydrogens is 465 g/mol. The monoisotopic (exact) mass is 480 g/mol. The van der Waals surface area contributed by atoms with Crippen LogP contribution in [0.5, 0.6) is 0 Å². The van der Waals surface area contributed by atoms with Gasteiger partial charge < -0.3 is 10.3 Å². The van der Waals surface area contributed by atoms with Crippen LogP contribution in [0.3, 0.4) is 0 Å². The molecule has 3 nitrogen and oxygen atoms in total. The standard InChI is InChI=1S/C26H16Cl2F2N2O/c27-19-4-2-5-20(28)24(19)14-7-9-17-23(12-14)32(13-15-11-16(29)8-10-21(15)30)22-6-1-3-18(25(17)22)26(31)33/h1-12H,13H2,(H2,31,33). The number of amides is 1. The number of nitrogens with two attached hydrogens (primary N) is 1. The van der Waals surface area contributed by atoms with Crippen molar-refractivity contribution in [1.82, 2.24) is 4.57 Å². The molecule has 0 spiro atoms. The molecule has 5 rings (SSSR count). The third-order valence-corrected chi connectivity index (χ3v) is 6.37. The zero-order chi connectivity index (χ0) is 23.3. The Hall–Kier alpha value is -3.41. The van der Waals surface area contributed by atoms with E-state index in [2.05, 4.69) is 0 Å². The Balaban J connectivity index is 1.85. The number of hydrogen-bond donors (Lipinski definition) is 1. The Morgan fingerprint density at radius 3 is 2.33 bits per heavy atom. The molecule has 0 aliphatic heterocycles. The zero-order valence-electron chi connectivity index (χ0n) is 17.1. The van der Waals surface area contributed by atoms with E-state index in [0.29, 0.717) is 37.6 Å². The minimum Gasteiger partial charge on any atom is -0.366 e. The van der Waals surface area contributed by atoms with E-state index in [1.54, 1.807) is 30.3 Å². The third-order valence-electron chi connectivity index (χ3n) is 5.74. The van der Waals surface area contributed by atoms with Crippen LogP contribution >= 0.6 is 23.2 Å². The molecule has 0 aliphatic carbocycles. The molecule has 0 saturated carbocycles. The van der Waals surface area contributed by atoms with Crippen LogP contribution in [0.25, 0.3) is 32.9 Å². The van der Waals surface area contributed by atoms with Gasteiger partial charge >= 0.3 is 0 Å². The molecule has 0 saturated heterocycles. The van der Waals surface area contributed by atoms with Gasteiger partial charge in [0.25, 0.3) is 0 Å². The summed E-state index contributed by atoms with van der Waals surface area (Å²) in [6, 6.07) is 19.4. The maximum absolute atomic E-state index is 14.5. The van der Waals surface area contributed by atoms with E-state index in [1.165, 1.54) is 6.07 Å². The van der Waals surface area contributed by atoms with Crippen molar-refractivity contribution in [3.05, 3.63) is 106 Å². The summed E-state index contributed by atoms with van der Waals surface area (Å²) < 4.78 is 30.2. The molecule has 0 bridgehead atoms. The van der Waals surface area contributed by atoms with Gasteiger partial charge in [-0.3, -0.25) is 4.79 Å². The summed E-state index contributed by atoms with van der Waals surface area (Å²) in [5, 5.41) is 2.37. The van der Waals surface area contributed by atoms with Crippen LogP contribution in [0.2, 0.25) is 10.0 Å². The van der Waals surface area contributed by atoms with Gasteiger partial charge in [0.05, 0.1) is 17.6 Å². The normalized spacial score (nSPS) is 11.4. The molecule has 0 atom stereocenters. The number of fused-ring (bicyclic) bond motifs is 3. The van der Waals surface area contributed by atoms with Crippen LogP contribution in [0, 0.1) is 11.6 Å². The van der Waals surface area contributed by atoms with Crippen LogP contribution in [-0.2, 0) is 6.54 Å². The summed E-state index contributed by atoms with van der Waals surface area (Å²) in [5.74, 6) is -1.63. The maximum atomic E-state index is 14.5. The van der Waals surface area contributed by atoms with Crippen molar-refractivity contribution >= 4 is 50.9 Å². The van der Waals surface area contributed by atoms with E-state index >= 15 is 0 Å². The topological polar surface area (TPSA) is 48.0 Å². The predicted molar refractivity (Wildman–Crippen MR) is 129 cm³/mol. The molecular formula is C26H16Cl2F2N2O. The van der Waals surface area contributed by atoms with Crippen LogP contribution in [0.4, 0.5) is 8.78 Å². The van der Waals surface area contributed by atoms with Crippen molar-refractivity contribution in [1.29, 1.82) is 0 Å². The van der Waals surface area contributed by atoms with Gasteiger partial charge in [0.15, 0.2) is 0 Å². The highest BCUT2D eigenvalue weighted by atomic mass is 35.5. The summed E-state index contributed by atoms with van der Waals surface area (Å²) in [7, 11) is 0. The Labute approximate surface area is 197 Å². The van der Waals surface area contributed by atoms with Crippen molar-refractivity contribution in [3.8, 4) is 11.1 Å². The van der Waals surface area contributed by atoms with Crippen molar-refractivity contribution in [2.24, 2.45) is 5.73 Å². The van der Waals surface area contributed by atoms with E-state index in [9.17, 15) is 13.6 Å². The van der Waals surface area contributed by atoms with Gasteiger partial charge in [-0.2, -0.15) is 0 Å². The Bertz CT molecular complexity index is 1560. The Kier molecular flexibility index (Phi) is 5.31. The first-order chi connectivity index (χ1) is 15.8. The second kappa shape index (κ2) is 8.18. The number of hydrogen-bond acceptors (Lipinski definition) is 1. The average molecular weight is 481 g/mol. The van der Waals surface area contributed by atoms with Gasteiger partial charge in [0, 0.05) is 37.5 Å². The van der Waals surface area contributed by atoms with Crippen LogP contribution < -0.4 is 5.73 Å². The molecule has 0 fully saturated rings. The van der Waals surface area contributed by atoms with E-state index in [0.717, 1.165) is 23.1 Å². The highest BCUT2D eigenvalue weighted by Gasteiger charge is 2.19. The summed E-state index contributed by atoms with van der Waals surface area (Å²) in [6.45, 7) is 0.0471. The molecule has 2 N–H and O–H groups in total. The number of aromatic nitrogens is 1. The summed E-state index contributed by atoms with van der Waals surface area (Å²) >= 11 is 12.8. The largest absolute Gasteiger partial charge is 0.366 e. The van der Waals surface area contributed by atoms with E-state index in [4.69, 9.17) is 28.9 Å². The van der Waals surface area contributed by atoms with Crippen molar-refractivity contribution in [3.63, 3.8) is 0 Å². The number of carbonyl (C=O) groups is 1. The number of carbonyl (C=O) groups excluding carboxylic acids is 1. The average Bonchev–Trinajstić information content (AvgIpc) is 3.09. The maximum Gasteiger partial charge on any atom is 0.249 e. The lowest BCUT2D eigenvalue weighted by atomic mass is 10.0. The van der Waals surface area contributed by atoms with E-state index in [1.807, 2.05) is 28.8 Å². The number of nitrogens with zero attached hydrogens (tertiary/aromatic N) is 1. The predicted octanol–water partition coefficient (Wildman–Crippen LogP) is 7.19. The lowest BCUT2D eigenvalue weighted by Crippen LogP contribution is -2.11. The fourth-order valence-electron chi connectivity index (χ4n) is 4.28. The molecule has 1 amide bonds. The number of benzene rings is 4. The summed E-state index contributed by atoms with van der Waals surface area (Å²) in [6.07, 6.45) is 0.